The van der Waals surface area contributed by atoms with Gasteiger partial charge in [-0.15, -0.1) is 0 Å². The van der Waals surface area contributed by atoms with E-state index in [0.717, 1.165) is 0 Å². The monoisotopic (exact) mass is 273 g/mol. The van der Waals surface area contributed by atoms with Gasteiger partial charge < -0.3 is 10.1 Å². The second-order valence-corrected chi connectivity index (χ2v) is 4.41. The van der Waals surface area contributed by atoms with Crippen LogP contribution in [-0.2, 0) is 4.79 Å². The second kappa shape index (κ2) is 6.70. The number of nitrogens with one attached hydrogen (secondary N) is 1. The third kappa shape index (κ3) is 3.82. The molecule has 0 fully saturated rings. The highest BCUT2D eigenvalue weighted by atomic mass is 19.1. The zero-order valence-electron chi connectivity index (χ0n) is 11.2. The van der Waals surface area contributed by atoms with Gasteiger partial charge in [-0.3, -0.25) is 4.79 Å². The number of hydrogen-bond donors (Lipinski definition) is 1. The van der Waals surface area contributed by atoms with E-state index < -0.39 is 6.04 Å². The van der Waals surface area contributed by atoms with Crippen molar-refractivity contribution >= 4 is 5.91 Å². The number of ether oxygens (including phenoxy) is 1. The number of para-hydroxylation sites is 1. The van der Waals surface area contributed by atoms with Gasteiger partial charge in [0.05, 0.1) is 6.04 Å². The first kappa shape index (κ1) is 14.1. The van der Waals surface area contributed by atoms with Gasteiger partial charge in [-0.05, 0) is 25.1 Å². The van der Waals surface area contributed by atoms with Crippen LogP contribution in [0.1, 0.15) is 18.5 Å². The van der Waals surface area contributed by atoms with Gasteiger partial charge in [0, 0.05) is 5.56 Å². The summed E-state index contributed by atoms with van der Waals surface area (Å²) in [6, 6.07) is 15.0. The molecule has 2 aromatic rings. The molecule has 0 saturated carbocycles. The Kier molecular flexibility index (Phi) is 4.71. The Hall–Kier alpha value is -2.36. The molecule has 0 radical (unpaired) electrons. The molecule has 2 aromatic carbocycles. The summed E-state index contributed by atoms with van der Waals surface area (Å²) in [5.74, 6) is 0.00933. The molecule has 4 heteroatoms. The van der Waals surface area contributed by atoms with Gasteiger partial charge in [0.1, 0.15) is 11.6 Å². The Morgan fingerprint density at radius 3 is 2.50 bits per heavy atom. The lowest BCUT2D eigenvalue weighted by Gasteiger charge is -2.15. The molecular formula is C16H16FNO2. The second-order valence-electron chi connectivity index (χ2n) is 4.41. The molecule has 20 heavy (non-hydrogen) atoms. The predicted octanol–water partition coefficient (Wildman–Crippen LogP) is 3.08. The van der Waals surface area contributed by atoms with Crippen molar-refractivity contribution in [1.29, 1.82) is 0 Å². The first-order valence-electron chi connectivity index (χ1n) is 6.38. The molecule has 1 amide bonds. The first-order valence-corrected chi connectivity index (χ1v) is 6.38. The fourth-order valence-electron chi connectivity index (χ4n) is 1.85. The van der Waals surface area contributed by atoms with Crippen molar-refractivity contribution in [3.63, 3.8) is 0 Å². The van der Waals surface area contributed by atoms with Gasteiger partial charge >= 0.3 is 0 Å². The van der Waals surface area contributed by atoms with Crippen molar-refractivity contribution < 1.29 is 13.9 Å². The number of benzene rings is 2. The first-order chi connectivity index (χ1) is 9.66. The maximum absolute atomic E-state index is 13.6. The molecular weight excluding hydrogens is 257 g/mol. The predicted molar refractivity (Wildman–Crippen MR) is 74.9 cm³/mol. The average Bonchev–Trinajstić information content (AvgIpc) is 2.46. The Morgan fingerprint density at radius 2 is 1.80 bits per heavy atom. The molecule has 0 saturated heterocycles. The van der Waals surface area contributed by atoms with Crippen molar-refractivity contribution in [2.45, 2.75) is 13.0 Å². The lowest BCUT2D eigenvalue weighted by molar-refractivity contribution is -0.123. The topological polar surface area (TPSA) is 38.3 Å². The number of hydrogen-bond acceptors (Lipinski definition) is 2. The fraction of sp³-hybridized carbons (Fsp3) is 0.188. The molecule has 2 rings (SSSR count). The third-order valence-electron chi connectivity index (χ3n) is 2.86. The molecule has 1 N–H and O–H groups in total. The highest BCUT2D eigenvalue weighted by Gasteiger charge is 2.13. The van der Waals surface area contributed by atoms with Crippen molar-refractivity contribution in [3.05, 3.63) is 66.0 Å². The summed E-state index contributed by atoms with van der Waals surface area (Å²) in [5.41, 5.74) is 0.459. The standard InChI is InChI=1S/C16H16FNO2/c1-12(14-9-5-6-10-15(14)17)18-16(19)11-20-13-7-3-2-4-8-13/h2-10,12H,11H2,1H3,(H,18,19). The summed E-state index contributed by atoms with van der Waals surface area (Å²) in [7, 11) is 0. The van der Waals surface area contributed by atoms with Crippen LogP contribution < -0.4 is 10.1 Å². The van der Waals surface area contributed by atoms with Crippen LogP contribution >= 0.6 is 0 Å². The van der Waals surface area contributed by atoms with E-state index in [-0.39, 0.29) is 18.3 Å². The molecule has 0 bridgehead atoms. The minimum absolute atomic E-state index is 0.0944. The van der Waals surface area contributed by atoms with E-state index in [1.54, 1.807) is 37.3 Å². The van der Waals surface area contributed by atoms with Crippen LogP contribution in [0, 0.1) is 5.82 Å². The molecule has 0 aliphatic heterocycles. The number of amides is 1. The summed E-state index contributed by atoms with van der Waals surface area (Å²) < 4.78 is 18.9. The van der Waals surface area contributed by atoms with Crippen molar-refractivity contribution in [1.82, 2.24) is 5.32 Å². The van der Waals surface area contributed by atoms with Crippen LogP contribution in [0.15, 0.2) is 54.6 Å². The van der Waals surface area contributed by atoms with Gasteiger partial charge in [-0.2, -0.15) is 0 Å². The van der Waals surface area contributed by atoms with E-state index in [9.17, 15) is 9.18 Å². The van der Waals surface area contributed by atoms with E-state index in [0.29, 0.717) is 11.3 Å². The van der Waals surface area contributed by atoms with Crippen LogP contribution in [0.4, 0.5) is 4.39 Å². The molecule has 0 spiro atoms. The van der Waals surface area contributed by atoms with Crippen LogP contribution in [0.5, 0.6) is 5.75 Å². The lowest BCUT2D eigenvalue weighted by atomic mass is 10.1. The van der Waals surface area contributed by atoms with E-state index in [1.165, 1.54) is 6.07 Å². The number of rotatable bonds is 5. The summed E-state index contributed by atoms with van der Waals surface area (Å²) in [4.78, 5) is 11.8. The molecule has 0 aliphatic carbocycles. The maximum Gasteiger partial charge on any atom is 0.258 e. The third-order valence-corrected chi connectivity index (χ3v) is 2.86. The Balaban J connectivity index is 1.87. The van der Waals surface area contributed by atoms with Crippen LogP contribution in [0.3, 0.4) is 0 Å². The molecule has 104 valence electrons. The quantitative estimate of drug-likeness (QED) is 0.909. The SMILES string of the molecule is CC(NC(=O)COc1ccccc1)c1ccccc1F. The molecule has 3 nitrogen and oxygen atoms in total. The lowest BCUT2D eigenvalue weighted by Crippen LogP contribution is -2.31. The minimum atomic E-state index is -0.400. The van der Waals surface area contributed by atoms with Crippen LogP contribution in [-0.4, -0.2) is 12.5 Å². The highest BCUT2D eigenvalue weighted by molar-refractivity contribution is 5.78. The maximum atomic E-state index is 13.6. The number of carbonyl (C=O) groups is 1. The largest absolute Gasteiger partial charge is 0.484 e. The molecule has 0 heterocycles. The smallest absolute Gasteiger partial charge is 0.258 e. The number of carbonyl (C=O) groups excluding carboxylic acids is 1. The van der Waals surface area contributed by atoms with E-state index in [2.05, 4.69) is 5.32 Å². The Bertz CT molecular complexity index is 572. The van der Waals surface area contributed by atoms with Crippen LogP contribution in [0.25, 0.3) is 0 Å². The van der Waals surface area contributed by atoms with E-state index in [1.807, 2.05) is 18.2 Å². The van der Waals surface area contributed by atoms with E-state index >= 15 is 0 Å². The summed E-state index contributed by atoms with van der Waals surface area (Å²) in [6.45, 7) is 1.64. The summed E-state index contributed by atoms with van der Waals surface area (Å²) in [5, 5.41) is 2.70. The Labute approximate surface area is 117 Å². The van der Waals surface area contributed by atoms with E-state index in [4.69, 9.17) is 4.74 Å². The highest BCUT2D eigenvalue weighted by Crippen LogP contribution is 2.16. The van der Waals surface area contributed by atoms with Crippen molar-refractivity contribution in [3.8, 4) is 5.75 Å². The van der Waals surface area contributed by atoms with Crippen molar-refractivity contribution in [2.75, 3.05) is 6.61 Å². The van der Waals surface area contributed by atoms with Gasteiger partial charge in [0.15, 0.2) is 6.61 Å². The van der Waals surface area contributed by atoms with Crippen LogP contribution in [0.2, 0.25) is 0 Å². The van der Waals surface area contributed by atoms with Gasteiger partial charge in [-0.1, -0.05) is 36.4 Å². The van der Waals surface area contributed by atoms with Crippen molar-refractivity contribution in [2.24, 2.45) is 0 Å². The zero-order chi connectivity index (χ0) is 14.4. The van der Waals surface area contributed by atoms with Gasteiger partial charge in [0.2, 0.25) is 0 Å². The fourth-order valence-corrected chi connectivity index (χ4v) is 1.85. The summed E-state index contributed by atoms with van der Waals surface area (Å²) in [6.07, 6.45) is 0. The summed E-state index contributed by atoms with van der Waals surface area (Å²) >= 11 is 0. The molecule has 0 aliphatic rings. The minimum Gasteiger partial charge on any atom is -0.484 e. The number of halogens is 1. The molecule has 1 unspecified atom stereocenters. The Morgan fingerprint density at radius 1 is 1.15 bits per heavy atom. The molecule has 1 atom stereocenters. The zero-order valence-corrected chi connectivity index (χ0v) is 11.2. The molecule has 0 aromatic heterocycles. The average molecular weight is 273 g/mol. The normalized spacial score (nSPS) is 11.7. The van der Waals surface area contributed by atoms with Gasteiger partial charge in [0.25, 0.3) is 5.91 Å². The van der Waals surface area contributed by atoms with Gasteiger partial charge in [-0.25, -0.2) is 4.39 Å².